The third-order valence-corrected chi connectivity index (χ3v) is 3.79. The van der Waals surface area contributed by atoms with Gasteiger partial charge in [-0.15, -0.1) is 0 Å². The predicted octanol–water partition coefficient (Wildman–Crippen LogP) is 2.42. The van der Waals surface area contributed by atoms with Gasteiger partial charge in [0.1, 0.15) is 22.1 Å². The number of carbonyl (C=O) groups is 2. The summed E-state index contributed by atoms with van der Waals surface area (Å²) in [7, 11) is 0. The molecule has 2 aromatic rings. The molecule has 1 aromatic heterocycles. The Morgan fingerprint density at radius 1 is 1.16 bits per heavy atom. The fourth-order valence-electron chi connectivity index (χ4n) is 2.14. The molecule has 126 valence electrons. The monoisotopic (exact) mass is 377 g/mol. The number of rotatable bonds is 3. The molecule has 1 aliphatic heterocycles. The minimum atomic E-state index is -0.634. The van der Waals surface area contributed by atoms with Crippen molar-refractivity contribution in [2.45, 2.75) is 0 Å². The summed E-state index contributed by atoms with van der Waals surface area (Å²) in [5, 5.41) is 15.3. The lowest BCUT2D eigenvalue weighted by Crippen LogP contribution is -2.51. The molecule has 0 saturated carbocycles. The number of carbonyl (C=O) groups excluding carboxylic acids is 2. The minimum absolute atomic E-state index is 0.0293. The normalized spacial score (nSPS) is 14.1. The van der Waals surface area contributed by atoms with Crippen LogP contribution >= 0.6 is 23.8 Å². The van der Waals surface area contributed by atoms with Crippen LogP contribution in [0.15, 0.2) is 40.3 Å². The number of hydrogen-bond donors (Lipinski definition) is 2. The fraction of sp³-hybridized carbons (Fsp3) is 0. The molecule has 3 rings (SSSR count). The van der Waals surface area contributed by atoms with Gasteiger partial charge in [-0.1, -0.05) is 11.6 Å². The molecule has 2 heterocycles. The second kappa shape index (κ2) is 6.46. The van der Waals surface area contributed by atoms with Crippen LogP contribution in [-0.2, 0) is 9.59 Å². The van der Waals surface area contributed by atoms with E-state index < -0.39 is 16.7 Å². The van der Waals surface area contributed by atoms with Gasteiger partial charge in [0, 0.05) is 11.6 Å². The maximum Gasteiger partial charge on any atom is 0.287 e. The van der Waals surface area contributed by atoms with Crippen molar-refractivity contribution in [2.75, 3.05) is 0 Å². The molecule has 2 amide bonds. The highest BCUT2D eigenvalue weighted by Crippen LogP contribution is 2.31. The second-order valence-electron chi connectivity index (χ2n) is 4.92. The van der Waals surface area contributed by atoms with Gasteiger partial charge < -0.3 is 4.42 Å². The van der Waals surface area contributed by atoms with E-state index in [1.54, 1.807) is 12.1 Å². The number of thiocarbonyl (C=S) groups is 1. The van der Waals surface area contributed by atoms with Gasteiger partial charge >= 0.3 is 0 Å². The lowest BCUT2D eigenvalue weighted by atomic mass is 10.1. The largest absolute Gasteiger partial charge is 0.457 e. The van der Waals surface area contributed by atoms with Crippen LogP contribution in [0.5, 0.6) is 0 Å². The Hall–Kier alpha value is -3.04. The van der Waals surface area contributed by atoms with Crippen LogP contribution in [0, 0.1) is 10.1 Å². The molecule has 1 fully saturated rings. The van der Waals surface area contributed by atoms with Crippen molar-refractivity contribution in [1.82, 2.24) is 10.6 Å². The minimum Gasteiger partial charge on any atom is -0.457 e. The van der Waals surface area contributed by atoms with E-state index in [1.807, 2.05) is 0 Å². The van der Waals surface area contributed by atoms with Crippen LogP contribution < -0.4 is 10.6 Å². The zero-order valence-corrected chi connectivity index (χ0v) is 13.8. The molecule has 0 aliphatic carbocycles. The van der Waals surface area contributed by atoms with Crippen LogP contribution in [0.4, 0.5) is 5.69 Å². The van der Waals surface area contributed by atoms with Gasteiger partial charge in [0.2, 0.25) is 0 Å². The third-order valence-electron chi connectivity index (χ3n) is 3.29. The van der Waals surface area contributed by atoms with Crippen LogP contribution in [0.25, 0.3) is 17.4 Å². The molecule has 1 aliphatic rings. The number of nitro groups is 1. The van der Waals surface area contributed by atoms with Crippen molar-refractivity contribution in [3.63, 3.8) is 0 Å². The predicted molar refractivity (Wildman–Crippen MR) is 92.7 cm³/mol. The first-order valence-electron chi connectivity index (χ1n) is 6.77. The van der Waals surface area contributed by atoms with Crippen molar-refractivity contribution in [1.29, 1.82) is 0 Å². The number of furan rings is 1. The number of nitrogens with one attached hydrogen (secondary N) is 2. The summed E-state index contributed by atoms with van der Waals surface area (Å²) in [6.45, 7) is 0. The molecule has 0 radical (unpaired) electrons. The van der Waals surface area contributed by atoms with Crippen LogP contribution in [-0.4, -0.2) is 21.9 Å². The van der Waals surface area contributed by atoms with Crippen LogP contribution in [0.1, 0.15) is 5.76 Å². The summed E-state index contributed by atoms with van der Waals surface area (Å²) < 4.78 is 5.55. The highest BCUT2D eigenvalue weighted by atomic mass is 35.5. The van der Waals surface area contributed by atoms with Gasteiger partial charge in [0.15, 0.2) is 5.11 Å². The molecule has 0 spiro atoms. The number of nitro benzene ring substituents is 1. The Balaban J connectivity index is 1.90. The first kappa shape index (κ1) is 16.8. The SMILES string of the molecule is O=C1NC(=S)NC(=O)C1=Cc1ccc(-c2ccc([N+](=O)[O-])c(Cl)c2)o1. The van der Waals surface area contributed by atoms with E-state index >= 15 is 0 Å². The molecule has 1 aromatic carbocycles. The highest BCUT2D eigenvalue weighted by Gasteiger charge is 2.26. The summed E-state index contributed by atoms with van der Waals surface area (Å²) in [6.07, 6.45) is 1.27. The van der Waals surface area contributed by atoms with Crippen molar-refractivity contribution in [3.8, 4) is 11.3 Å². The Morgan fingerprint density at radius 3 is 2.44 bits per heavy atom. The Labute approximate surface area is 150 Å². The molecule has 1 saturated heterocycles. The molecule has 10 heteroatoms. The van der Waals surface area contributed by atoms with Gasteiger partial charge in [-0.05, 0) is 42.6 Å². The van der Waals surface area contributed by atoms with E-state index in [4.69, 9.17) is 28.2 Å². The van der Waals surface area contributed by atoms with Crippen molar-refractivity contribution >= 4 is 52.5 Å². The summed E-state index contributed by atoms with van der Waals surface area (Å²) in [5.74, 6) is -0.649. The standard InChI is InChI=1S/C15H8ClN3O5S/c16-10-5-7(1-3-11(10)19(22)23)12-4-2-8(24-12)6-9-13(20)17-15(25)18-14(9)21/h1-6H,(H2,17,18,20,21,25). The topological polar surface area (TPSA) is 114 Å². The number of benzene rings is 1. The van der Waals surface area contributed by atoms with E-state index in [1.165, 1.54) is 24.3 Å². The van der Waals surface area contributed by atoms with E-state index in [0.717, 1.165) is 0 Å². The molecule has 0 unspecified atom stereocenters. The number of halogens is 1. The van der Waals surface area contributed by atoms with Gasteiger partial charge in [0.25, 0.3) is 17.5 Å². The fourth-order valence-corrected chi connectivity index (χ4v) is 2.58. The smallest absolute Gasteiger partial charge is 0.287 e. The van der Waals surface area contributed by atoms with Gasteiger partial charge in [-0.2, -0.15) is 0 Å². The van der Waals surface area contributed by atoms with E-state index in [-0.39, 0.29) is 27.2 Å². The molecule has 25 heavy (non-hydrogen) atoms. The Kier molecular flexibility index (Phi) is 4.34. The van der Waals surface area contributed by atoms with Crippen molar-refractivity contribution < 1.29 is 18.9 Å². The summed E-state index contributed by atoms with van der Waals surface area (Å²) >= 11 is 10.6. The zero-order valence-electron chi connectivity index (χ0n) is 12.2. The number of hydrogen-bond acceptors (Lipinski definition) is 6. The molecular weight excluding hydrogens is 370 g/mol. The third kappa shape index (κ3) is 3.42. The molecule has 2 N–H and O–H groups in total. The lowest BCUT2D eigenvalue weighted by Gasteiger charge is -2.15. The maximum absolute atomic E-state index is 11.8. The number of amides is 2. The second-order valence-corrected chi connectivity index (χ2v) is 5.74. The van der Waals surface area contributed by atoms with Crippen molar-refractivity contribution in [2.24, 2.45) is 0 Å². The van der Waals surface area contributed by atoms with E-state index in [2.05, 4.69) is 10.6 Å². The van der Waals surface area contributed by atoms with Gasteiger partial charge in [-0.25, -0.2) is 0 Å². The zero-order chi connectivity index (χ0) is 18.1. The van der Waals surface area contributed by atoms with Crippen LogP contribution in [0.3, 0.4) is 0 Å². The quantitative estimate of drug-likeness (QED) is 0.279. The van der Waals surface area contributed by atoms with E-state index in [0.29, 0.717) is 11.3 Å². The van der Waals surface area contributed by atoms with Gasteiger partial charge in [-0.3, -0.25) is 30.3 Å². The molecule has 8 nitrogen and oxygen atoms in total. The first-order chi connectivity index (χ1) is 11.8. The molecule has 0 atom stereocenters. The lowest BCUT2D eigenvalue weighted by molar-refractivity contribution is -0.384. The molecule has 0 bridgehead atoms. The maximum atomic E-state index is 11.8. The summed E-state index contributed by atoms with van der Waals surface area (Å²) in [5.41, 5.74) is 0.140. The number of nitrogens with zero attached hydrogens (tertiary/aromatic N) is 1. The Bertz CT molecular complexity index is 944. The average Bonchev–Trinajstić information content (AvgIpc) is 2.99. The average molecular weight is 378 g/mol. The summed E-state index contributed by atoms with van der Waals surface area (Å²) in [6, 6.07) is 7.28. The Morgan fingerprint density at radius 2 is 1.84 bits per heavy atom. The van der Waals surface area contributed by atoms with Crippen LogP contribution in [0.2, 0.25) is 5.02 Å². The van der Waals surface area contributed by atoms with Gasteiger partial charge in [0.05, 0.1) is 4.92 Å². The molecular formula is C15H8ClN3O5S. The highest BCUT2D eigenvalue weighted by molar-refractivity contribution is 7.80. The first-order valence-corrected chi connectivity index (χ1v) is 7.56. The van der Waals surface area contributed by atoms with Crippen molar-refractivity contribution in [3.05, 3.63) is 56.8 Å². The van der Waals surface area contributed by atoms with E-state index in [9.17, 15) is 19.7 Å². The summed E-state index contributed by atoms with van der Waals surface area (Å²) in [4.78, 5) is 33.8.